The molecule has 0 aliphatic carbocycles. The molecule has 0 aromatic carbocycles. The Balaban J connectivity index is 3.83. The van der Waals surface area contributed by atoms with E-state index in [2.05, 4.69) is 4.52 Å². The zero-order valence-electron chi connectivity index (χ0n) is 7.43. The van der Waals surface area contributed by atoms with Crippen LogP contribution in [0.25, 0.3) is 0 Å². The first-order valence-corrected chi connectivity index (χ1v) is 7.36. The van der Waals surface area contributed by atoms with Crippen LogP contribution in [0, 0.1) is 0 Å². The van der Waals surface area contributed by atoms with Gasteiger partial charge in [-0.05, 0) is 6.42 Å². The molecule has 7 heteroatoms. The maximum atomic E-state index is 11.7. The Hall–Kier alpha value is 0.330. The van der Waals surface area contributed by atoms with Crippen molar-refractivity contribution in [2.45, 2.75) is 19.5 Å². The summed E-state index contributed by atoms with van der Waals surface area (Å²) >= 11 is 0.953. The maximum Gasteiger partial charge on any atom is 0.412 e. The molecule has 1 unspecified atom stereocenters. The van der Waals surface area contributed by atoms with E-state index in [9.17, 15) is 17.7 Å². The second kappa shape index (κ2) is 5.27. The summed E-state index contributed by atoms with van der Waals surface area (Å²) in [5.74, 6) is 0.547. The summed E-state index contributed by atoms with van der Waals surface area (Å²) in [6, 6.07) is 0. The van der Waals surface area contributed by atoms with Crippen molar-refractivity contribution in [3.63, 3.8) is 0 Å². The van der Waals surface area contributed by atoms with E-state index in [0.717, 1.165) is 17.8 Å². The van der Waals surface area contributed by atoms with E-state index in [4.69, 9.17) is 0 Å². The second-order valence-electron chi connectivity index (χ2n) is 2.49. The molecule has 0 aliphatic rings. The van der Waals surface area contributed by atoms with Gasteiger partial charge in [-0.15, -0.1) is 0 Å². The highest BCUT2D eigenvalue weighted by Gasteiger charge is 2.31. The van der Waals surface area contributed by atoms with E-state index in [1.165, 1.54) is 6.66 Å². The van der Waals surface area contributed by atoms with Crippen molar-refractivity contribution in [1.29, 1.82) is 0 Å². The van der Waals surface area contributed by atoms with Crippen molar-refractivity contribution in [1.82, 2.24) is 0 Å². The van der Waals surface area contributed by atoms with Gasteiger partial charge in [0.15, 0.2) is 6.61 Å². The van der Waals surface area contributed by atoms with Crippen molar-refractivity contribution >= 4 is 18.0 Å². The fourth-order valence-corrected chi connectivity index (χ4v) is 3.38. The van der Waals surface area contributed by atoms with Gasteiger partial charge in [0, 0.05) is 12.4 Å². The lowest BCUT2D eigenvalue weighted by Gasteiger charge is -2.13. The fourth-order valence-electron chi connectivity index (χ4n) is 0.485. The molecule has 0 aromatic rings. The first kappa shape index (κ1) is 13.3. The van der Waals surface area contributed by atoms with Gasteiger partial charge >= 0.3 is 6.18 Å². The van der Waals surface area contributed by atoms with Gasteiger partial charge in [0.2, 0.25) is 0 Å². The van der Waals surface area contributed by atoms with E-state index in [-0.39, 0.29) is 0 Å². The summed E-state index contributed by atoms with van der Waals surface area (Å²) in [6.45, 7) is -1.48. The van der Waals surface area contributed by atoms with E-state index in [1.54, 1.807) is 0 Å². The van der Waals surface area contributed by atoms with E-state index in [0.29, 0.717) is 5.75 Å². The van der Waals surface area contributed by atoms with Crippen molar-refractivity contribution in [3.05, 3.63) is 0 Å². The van der Waals surface area contributed by atoms with Crippen LogP contribution in [0.15, 0.2) is 0 Å². The monoisotopic (exact) mass is 236 g/mol. The number of alkyl halides is 3. The molecule has 0 N–H and O–H groups in total. The molecule has 0 rings (SSSR count). The van der Waals surface area contributed by atoms with Crippen molar-refractivity contribution in [2.75, 3.05) is 19.0 Å². The zero-order valence-corrected chi connectivity index (χ0v) is 9.14. The summed E-state index contributed by atoms with van der Waals surface area (Å²) in [4.78, 5) is 0. The average molecular weight is 236 g/mol. The highest BCUT2D eigenvalue weighted by Crippen LogP contribution is 2.56. The Morgan fingerprint density at radius 1 is 1.46 bits per heavy atom. The Morgan fingerprint density at radius 3 is 2.38 bits per heavy atom. The van der Waals surface area contributed by atoms with Crippen LogP contribution in [0.4, 0.5) is 13.2 Å². The fraction of sp³-hybridized carbons (Fsp3) is 1.00. The van der Waals surface area contributed by atoms with Gasteiger partial charge in [0.25, 0.3) is 6.57 Å². The van der Waals surface area contributed by atoms with Crippen molar-refractivity contribution < 1.29 is 22.3 Å². The molecule has 0 saturated heterocycles. The molecule has 2 nitrogen and oxygen atoms in total. The molecule has 0 amide bonds. The first-order chi connectivity index (χ1) is 5.77. The molecular weight excluding hydrogens is 224 g/mol. The van der Waals surface area contributed by atoms with Crippen LogP contribution >= 0.6 is 18.0 Å². The van der Waals surface area contributed by atoms with Gasteiger partial charge in [-0.3, -0.25) is 4.57 Å². The first-order valence-electron chi connectivity index (χ1n) is 3.70. The molecular formula is C6H12F3O2PS. The summed E-state index contributed by atoms with van der Waals surface area (Å²) in [6.07, 6.45) is -3.64. The molecule has 0 radical (unpaired) electrons. The smallest absolute Gasteiger partial charge is 0.312 e. The minimum Gasteiger partial charge on any atom is -0.312 e. The topological polar surface area (TPSA) is 26.3 Å². The largest absolute Gasteiger partial charge is 0.412 e. The van der Waals surface area contributed by atoms with Gasteiger partial charge in [-0.25, -0.2) is 0 Å². The van der Waals surface area contributed by atoms with Crippen LogP contribution in [0.3, 0.4) is 0 Å². The highest BCUT2D eigenvalue weighted by atomic mass is 32.7. The second-order valence-corrected chi connectivity index (χ2v) is 7.72. The number of hydrogen-bond donors (Lipinski definition) is 0. The van der Waals surface area contributed by atoms with Crippen LogP contribution in [0.1, 0.15) is 13.3 Å². The third-order valence-electron chi connectivity index (χ3n) is 0.993. The molecule has 0 fully saturated rings. The summed E-state index contributed by atoms with van der Waals surface area (Å²) in [5.41, 5.74) is 0. The molecule has 0 aromatic heterocycles. The van der Waals surface area contributed by atoms with Crippen LogP contribution < -0.4 is 0 Å². The Labute approximate surface area is 79.4 Å². The molecule has 0 aliphatic heterocycles. The van der Waals surface area contributed by atoms with Gasteiger partial charge in [0.05, 0.1) is 0 Å². The van der Waals surface area contributed by atoms with Gasteiger partial charge in [0.1, 0.15) is 0 Å². The minimum absolute atomic E-state index is 0.547. The predicted molar refractivity (Wildman–Crippen MR) is 48.3 cm³/mol. The van der Waals surface area contributed by atoms with Crippen molar-refractivity contribution in [2.24, 2.45) is 0 Å². The molecule has 1 atom stereocenters. The Bertz CT molecular complexity index is 195. The Morgan fingerprint density at radius 2 is 2.00 bits per heavy atom. The van der Waals surface area contributed by atoms with Crippen molar-refractivity contribution in [3.8, 4) is 0 Å². The van der Waals surface area contributed by atoms with Crippen LogP contribution in [-0.2, 0) is 9.09 Å². The summed E-state index contributed by atoms with van der Waals surface area (Å²) < 4.78 is 50.5. The standard InChI is InChI=1S/C6H12F3O2PS/c1-3-4-13-12(2,10)11-5-6(7,8)9/h3-5H2,1-2H3. The Kier molecular flexibility index (Phi) is 5.40. The molecule has 0 bridgehead atoms. The molecule has 0 heterocycles. The number of hydrogen-bond acceptors (Lipinski definition) is 3. The third-order valence-corrected chi connectivity index (χ3v) is 4.92. The molecule has 13 heavy (non-hydrogen) atoms. The van der Waals surface area contributed by atoms with Gasteiger partial charge in [-0.1, -0.05) is 18.3 Å². The SMILES string of the molecule is CCCSP(C)(=O)OCC(F)(F)F. The maximum absolute atomic E-state index is 11.7. The lowest BCUT2D eigenvalue weighted by Crippen LogP contribution is -2.15. The van der Waals surface area contributed by atoms with Gasteiger partial charge < -0.3 is 4.52 Å². The predicted octanol–water partition coefficient (Wildman–Crippen LogP) is 3.53. The minimum atomic E-state index is -4.40. The quantitative estimate of drug-likeness (QED) is 0.683. The summed E-state index contributed by atoms with van der Waals surface area (Å²) in [7, 11) is 0. The van der Waals surface area contributed by atoms with Gasteiger partial charge in [-0.2, -0.15) is 13.2 Å². The normalized spacial score (nSPS) is 17.0. The van der Waals surface area contributed by atoms with E-state index in [1.807, 2.05) is 6.92 Å². The number of rotatable bonds is 5. The third kappa shape index (κ3) is 8.65. The highest BCUT2D eigenvalue weighted by molar-refractivity contribution is 8.56. The lowest BCUT2D eigenvalue weighted by molar-refractivity contribution is -0.152. The van der Waals surface area contributed by atoms with E-state index >= 15 is 0 Å². The van der Waals surface area contributed by atoms with E-state index < -0.39 is 19.4 Å². The lowest BCUT2D eigenvalue weighted by atomic mass is 10.6. The summed E-state index contributed by atoms with van der Waals surface area (Å²) in [5, 5.41) is 0. The average Bonchev–Trinajstić information content (AvgIpc) is 1.97. The van der Waals surface area contributed by atoms with Crippen LogP contribution in [0.5, 0.6) is 0 Å². The molecule has 80 valence electrons. The molecule has 0 spiro atoms. The van der Waals surface area contributed by atoms with Crippen LogP contribution in [0.2, 0.25) is 0 Å². The molecule has 0 saturated carbocycles. The zero-order chi connectivity index (χ0) is 10.5. The number of halogens is 3. The van der Waals surface area contributed by atoms with Crippen LogP contribution in [-0.4, -0.2) is 25.2 Å².